The van der Waals surface area contributed by atoms with Crippen molar-refractivity contribution in [3.8, 4) is 45.3 Å². The molecule has 13 rings (SSSR count). The summed E-state index contributed by atoms with van der Waals surface area (Å²) >= 11 is 1.79. The number of rotatable bonds is 4. The van der Waals surface area contributed by atoms with Crippen LogP contribution in [0.5, 0.6) is 0 Å². The molecule has 0 radical (unpaired) electrons. The van der Waals surface area contributed by atoms with Crippen LogP contribution in [0.15, 0.2) is 186 Å². The Bertz CT molecular complexity index is 3800. The summed E-state index contributed by atoms with van der Waals surface area (Å²) in [4.78, 5) is 15.6. The first-order chi connectivity index (χ1) is 29.7. The first-order valence-corrected chi connectivity index (χ1v) is 21.0. The molecule has 1 aliphatic carbocycles. The molecule has 0 atom stereocenters. The molecule has 0 saturated carbocycles. The number of benzene rings is 9. The maximum Gasteiger partial charge on any atom is 0.164 e. The van der Waals surface area contributed by atoms with Gasteiger partial charge in [0.05, 0.1) is 0 Å². The highest BCUT2D eigenvalue weighted by Gasteiger charge is 2.24. The van der Waals surface area contributed by atoms with Crippen LogP contribution in [0.2, 0.25) is 0 Å². The molecule has 5 heteroatoms. The molecule has 3 aromatic heterocycles. The largest absolute Gasteiger partial charge is 0.456 e. The first-order valence-electron chi connectivity index (χ1n) is 20.2. The van der Waals surface area contributed by atoms with Gasteiger partial charge in [-0.05, 0) is 110 Å². The molecule has 0 fully saturated rings. The Kier molecular flexibility index (Phi) is 7.14. The molecular formula is C55H31N3OS. The Morgan fingerprint density at radius 3 is 1.87 bits per heavy atom. The van der Waals surface area contributed by atoms with Gasteiger partial charge >= 0.3 is 0 Å². The molecule has 0 N–H and O–H groups in total. The third kappa shape index (κ3) is 5.19. The minimum Gasteiger partial charge on any atom is -0.456 e. The lowest BCUT2D eigenvalue weighted by Gasteiger charge is -2.10. The minimum atomic E-state index is 0.602. The van der Waals surface area contributed by atoms with Crippen LogP contribution in [0, 0.1) is 0 Å². The van der Waals surface area contributed by atoms with E-state index in [1.165, 1.54) is 64.2 Å². The van der Waals surface area contributed by atoms with Gasteiger partial charge in [0.15, 0.2) is 17.5 Å². The predicted octanol–water partition coefficient (Wildman–Crippen LogP) is 15.0. The quantitative estimate of drug-likeness (QED) is 0.178. The van der Waals surface area contributed by atoms with Gasteiger partial charge in [0.25, 0.3) is 0 Å². The summed E-state index contributed by atoms with van der Waals surface area (Å²) < 4.78 is 9.14. The zero-order chi connectivity index (χ0) is 39.3. The lowest BCUT2D eigenvalue weighted by atomic mass is 9.97. The molecule has 0 bridgehead atoms. The van der Waals surface area contributed by atoms with Crippen molar-refractivity contribution in [3.05, 3.63) is 199 Å². The van der Waals surface area contributed by atoms with Gasteiger partial charge in [-0.25, -0.2) is 15.0 Å². The maximum absolute atomic E-state index is 6.67. The second kappa shape index (κ2) is 12.9. The molecular weight excluding hydrogens is 751 g/mol. The highest BCUT2D eigenvalue weighted by atomic mass is 32.1. The molecule has 0 amide bonds. The molecule has 0 aliphatic heterocycles. The molecule has 4 nitrogen and oxygen atoms in total. The van der Waals surface area contributed by atoms with E-state index in [1.54, 1.807) is 11.3 Å². The summed E-state index contributed by atoms with van der Waals surface area (Å²) in [6.07, 6.45) is 2.30. The van der Waals surface area contributed by atoms with Crippen molar-refractivity contribution in [2.75, 3.05) is 0 Å². The van der Waals surface area contributed by atoms with Crippen molar-refractivity contribution in [2.24, 2.45) is 0 Å². The van der Waals surface area contributed by atoms with E-state index in [0.29, 0.717) is 17.5 Å². The van der Waals surface area contributed by atoms with Crippen LogP contribution in [0.3, 0.4) is 0 Å². The second-order valence-electron chi connectivity index (χ2n) is 15.6. The third-order valence-corrected chi connectivity index (χ3v) is 13.2. The van der Waals surface area contributed by atoms with E-state index in [2.05, 4.69) is 176 Å². The normalized spacial score (nSPS) is 13.0. The highest BCUT2D eigenvalue weighted by molar-refractivity contribution is 7.25. The van der Waals surface area contributed by atoms with Crippen molar-refractivity contribution < 1.29 is 4.42 Å². The van der Waals surface area contributed by atoms with Gasteiger partial charge in [-0.3, -0.25) is 0 Å². The number of thiophene rings is 1. The van der Waals surface area contributed by atoms with Gasteiger partial charge < -0.3 is 4.42 Å². The van der Waals surface area contributed by atoms with Crippen LogP contribution in [0.4, 0.5) is 0 Å². The van der Waals surface area contributed by atoms with Crippen molar-refractivity contribution in [3.63, 3.8) is 0 Å². The van der Waals surface area contributed by atoms with E-state index in [4.69, 9.17) is 19.4 Å². The monoisotopic (exact) mass is 781 g/mol. The molecule has 3 heterocycles. The van der Waals surface area contributed by atoms with E-state index in [1.807, 2.05) is 12.1 Å². The van der Waals surface area contributed by atoms with Gasteiger partial charge in [-0.1, -0.05) is 133 Å². The predicted molar refractivity (Wildman–Crippen MR) is 250 cm³/mol. The van der Waals surface area contributed by atoms with Crippen LogP contribution >= 0.6 is 11.3 Å². The molecule has 1 aliphatic rings. The average Bonchev–Trinajstić information content (AvgIpc) is 3.97. The van der Waals surface area contributed by atoms with Crippen LogP contribution in [0.25, 0.3) is 121 Å². The standard InChI is InChI=1S/C55H31N3OS/c1-2-11-34-28-37(22-21-33(34)10-1)53-56-54(38-23-25-42-41-16-7-8-19-50(41)60-51(42)31-38)58-55(57-53)44-17-9-18-48-52(44)43-24-20-32(27-49(43)59-48)26-45-39-14-5-6-15-40(39)46-29-35-12-3-4-13-36(35)30-47(45)46/h1-31H. The Balaban J connectivity index is 0.974. The van der Waals surface area contributed by atoms with Crippen LogP contribution in [-0.4, -0.2) is 15.0 Å². The van der Waals surface area contributed by atoms with Gasteiger partial charge in [0, 0.05) is 47.6 Å². The van der Waals surface area contributed by atoms with E-state index in [0.717, 1.165) is 49.6 Å². The fourth-order valence-electron chi connectivity index (χ4n) is 9.17. The summed E-state index contributed by atoms with van der Waals surface area (Å²) in [5.41, 5.74) is 11.7. The Morgan fingerprint density at radius 2 is 1.02 bits per heavy atom. The molecule has 0 unspecified atom stereocenters. The summed E-state index contributed by atoms with van der Waals surface area (Å²) in [6.45, 7) is 0. The van der Waals surface area contributed by atoms with Crippen LogP contribution in [-0.2, 0) is 0 Å². The number of aromatic nitrogens is 3. The smallest absolute Gasteiger partial charge is 0.164 e. The summed E-state index contributed by atoms with van der Waals surface area (Å²) in [5, 5.41) is 9.30. The van der Waals surface area contributed by atoms with Gasteiger partial charge in [-0.2, -0.15) is 0 Å². The molecule has 0 spiro atoms. The molecule has 0 saturated heterocycles. The topological polar surface area (TPSA) is 51.8 Å². The highest BCUT2D eigenvalue weighted by Crippen LogP contribution is 2.47. The number of hydrogen-bond acceptors (Lipinski definition) is 5. The van der Waals surface area contributed by atoms with E-state index in [-0.39, 0.29) is 0 Å². The maximum atomic E-state index is 6.67. The number of furan rings is 1. The van der Waals surface area contributed by atoms with Crippen molar-refractivity contribution in [2.45, 2.75) is 0 Å². The fraction of sp³-hybridized carbons (Fsp3) is 0. The van der Waals surface area contributed by atoms with E-state index in [9.17, 15) is 0 Å². The van der Waals surface area contributed by atoms with E-state index < -0.39 is 0 Å². The van der Waals surface area contributed by atoms with Gasteiger partial charge in [0.2, 0.25) is 0 Å². The van der Waals surface area contributed by atoms with Crippen molar-refractivity contribution >= 4 is 86.6 Å². The Morgan fingerprint density at radius 1 is 0.383 bits per heavy atom. The SMILES string of the molecule is C(=C1c2ccccc2-c2cc3ccccc3cc21)c1ccc2c(c1)oc1cccc(-c3nc(-c4ccc5ccccc5c4)nc(-c4ccc5c(c4)sc4ccccc45)n3)c12. The fourth-order valence-corrected chi connectivity index (χ4v) is 10.3. The third-order valence-electron chi connectivity index (χ3n) is 12.0. The Labute approximate surface area is 348 Å². The number of fused-ring (bicyclic) bond motifs is 11. The summed E-state index contributed by atoms with van der Waals surface area (Å²) in [5.74, 6) is 1.86. The number of hydrogen-bond donors (Lipinski definition) is 0. The summed E-state index contributed by atoms with van der Waals surface area (Å²) in [6, 6.07) is 64.6. The van der Waals surface area contributed by atoms with Crippen molar-refractivity contribution in [1.29, 1.82) is 0 Å². The zero-order valence-corrected chi connectivity index (χ0v) is 32.9. The van der Waals surface area contributed by atoms with Gasteiger partial charge in [0.1, 0.15) is 11.2 Å². The van der Waals surface area contributed by atoms with Crippen LogP contribution < -0.4 is 0 Å². The molecule has 278 valence electrons. The van der Waals surface area contributed by atoms with Crippen molar-refractivity contribution in [1.82, 2.24) is 15.0 Å². The summed E-state index contributed by atoms with van der Waals surface area (Å²) in [7, 11) is 0. The van der Waals surface area contributed by atoms with Crippen LogP contribution in [0.1, 0.15) is 16.7 Å². The first kappa shape index (κ1) is 33.3. The Hall–Kier alpha value is -7.73. The number of nitrogens with zero attached hydrogens (tertiary/aromatic N) is 3. The van der Waals surface area contributed by atoms with E-state index >= 15 is 0 Å². The average molecular weight is 782 g/mol. The lowest BCUT2D eigenvalue weighted by Crippen LogP contribution is -2.00. The minimum absolute atomic E-state index is 0.602. The molecule has 9 aromatic carbocycles. The lowest BCUT2D eigenvalue weighted by molar-refractivity contribution is 0.669. The zero-order valence-electron chi connectivity index (χ0n) is 32.1. The van der Waals surface area contributed by atoms with Gasteiger partial charge in [-0.15, -0.1) is 11.3 Å². The molecule has 60 heavy (non-hydrogen) atoms. The molecule has 12 aromatic rings. The second-order valence-corrected chi connectivity index (χ2v) is 16.6.